The highest BCUT2D eigenvalue weighted by molar-refractivity contribution is 7.08. The van der Waals surface area contributed by atoms with Gasteiger partial charge in [-0.2, -0.15) is 16.3 Å². The normalized spacial score (nSPS) is 19.6. The molecule has 5 nitrogen and oxygen atoms in total. The topological polar surface area (TPSA) is 54.2 Å². The maximum atomic E-state index is 5.35. The number of nitrogens with one attached hydrogen (secondary N) is 1. The van der Waals surface area contributed by atoms with Crippen LogP contribution in [0.3, 0.4) is 0 Å². The summed E-state index contributed by atoms with van der Waals surface area (Å²) in [5.41, 5.74) is 1.01. The Balaban J connectivity index is 1.66. The third-order valence-electron chi connectivity index (χ3n) is 3.77. The number of piperidine rings is 1. The van der Waals surface area contributed by atoms with Crippen LogP contribution >= 0.6 is 11.3 Å². The number of hydrogen-bond donors (Lipinski definition) is 1. The zero-order chi connectivity index (χ0) is 13.8. The first-order chi connectivity index (χ1) is 9.86. The Bertz CT molecular complexity index is 519. The van der Waals surface area contributed by atoms with E-state index in [1.165, 1.54) is 12.8 Å². The van der Waals surface area contributed by atoms with Gasteiger partial charge in [0, 0.05) is 18.0 Å². The molecule has 1 unspecified atom stereocenters. The minimum Gasteiger partial charge on any atom is -0.334 e. The predicted octanol–water partition coefficient (Wildman–Crippen LogP) is 2.37. The first kappa shape index (κ1) is 13.7. The molecule has 1 N–H and O–H groups in total. The van der Waals surface area contributed by atoms with Gasteiger partial charge in [0.1, 0.15) is 0 Å². The fourth-order valence-corrected chi connectivity index (χ4v) is 3.28. The summed E-state index contributed by atoms with van der Waals surface area (Å²) < 4.78 is 5.35. The first-order valence-electron chi connectivity index (χ1n) is 7.16. The molecule has 20 heavy (non-hydrogen) atoms. The van der Waals surface area contributed by atoms with Gasteiger partial charge in [-0.1, -0.05) is 12.1 Å². The van der Waals surface area contributed by atoms with E-state index in [1.807, 2.05) is 16.8 Å². The van der Waals surface area contributed by atoms with Gasteiger partial charge in [0.2, 0.25) is 0 Å². The molecule has 3 heterocycles. The Kier molecular flexibility index (Phi) is 4.44. The number of rotatable bonds is 5. The molecule has 3 rings (SSSR count). The lowest BCUT2D eigenvalue weighted by Crippen LogP contribution is -2.45. The molecule has 0 radical (unpaired) electrons. The summed E-state index contributed by atoms with van der Waals surface area (Å²) in [5, 5.41) is 11.6. The lowest BCUT2D eigenvalue weighted by atomic mass is 10.1. The number of aromatic nitrogens is 2. The summed E-state index contributed by atoms with van der Waals surface area (Å²) >= 11 is 1.64. The van der Waals surface area contributed by atoms with Crippen LogP contribution in [0, 0.1) is 0 Å². The van der Waals surface area contributed by atoms with E-state index in [9.17, 15) is 0 Å². The Hall–Kier alpha value is -1.24. The second-order valence-electron chi connectivity index (χ2n) is 5.09. The molecule has 2 aromatic rings. The standard InChI is InChI=1S/C14H20N4OS/c1-2-18(12-4-3-6-15-8-12)9-13-16-14(19-17-13)11-5-7-20-10-11/h5,7,10,12,15H,2-4,6,8-9H2,1H3. The SMILES string of the molecule is CCN(Cc1noc(-c2ccsc2)n1)C1CCCNC1. The maximum absolute atomic E-state index is 5.35. The van der Waals surface area contributed by atoms with E-state index < -0.39 is 0 Å². The molecule has 1 aliphatic heterocycles. The Morgan fingerprint density at radius 3 is 3.20 bits per heavy atom. The second-order valence-corrected chi connectivity index (χ2v) is 5.87. The van der Waals surface area contributed by atoms with Crippen molar-refractivity contribution < 1.29 is 4.52 Å². The molecule has 0 aromatic carbocycles. The Labute approximate surface area is 123 Å². The van der Waals surface area contributed by atoms with Crippen molar-refractivity contribution in [2.75, 3.05) is 19.6 Å². The highest BCUT2D eigenvalue weighted by Gasteiger charge is 2.21. The number of hydrogen-bond acceptors (Lipinski definition) is 6. The minimum absolute atomic E-state index is 0.580. The van der Waals surface area contributed by atoms with Crippen LogP contribution in [0.2, 0.25) is 0 Å². The van der Waals surface area contributed by atoms with Crippen LogP contribution in [-0.4, -0.2) is 40.7 Å². The summed E-state index contributed by atoms with van der Waals surface area (Å²) in [4.78, 5) is 6.93. The van der Waals surface area contributed by atoms with Crippen molar-refractivity contribution in [3.05, 3.63) is 22.7 Å². The molecule has 6 heteroatoms. The monoisotopic (exact) mass is 292 g/mol. The average molecular weight is 292 g/mol. The van der Waals surface area contributed by atoms with Crippen LogP contribution < -0.4 is 5.32 Å². The molecule has 0 spiro atoms. The van der Waals surface area contributed by atoms with Gasteiger partial charge in [-0.15, -0.1) is 0 Å². The molecule has 108 valence electrons. The lowest BCUT2D eigenvalue weighted by molar-refractivity contribution is 0.161. The molecule has 1 fully saturated rings. The van der Waals surface area contributed by atoms with E-state index in [0.29, 0.717) is 11.9 Å². The number of thiophene rings is 1. The largest absolute Gasteiger partial charge is 0.334 e. The van der Waals surface area contributed by atoms with Crippen LogP contribution in [0.1, 0.15) is 25.6 Å². The predicted molar refractivity (Wildman–Crippen MR) is 79.6 cm³/mol. The fraction of sp³-hybridized carbons (Fsp3) is 0.571. The molecule has 2 aromatic heterocycles. The van der Waals surface area contributed by atoms with Crippen molar-refractivity contribution in [2.45, 2.75) is 32.4 Å². The molecule has 0 amide bonds. The Morgan fingerprint density at radius 2 is 2.50 bits per heavy atom. The highest BCUT2D eigenvalue weighted by Crippen LogP contribution is 2.20. The molecule has 0 aliphatic carbocycles. The first-order valence-corrected chi connectivity index (χ1v) is 8.11. The van der Waals surface area contributed by atoms with Gasteiger partial charge in [0.15, 0.2) is 5.82 Å². The van der Waals surface area contributed by atoms with Gasteiger partial charge >= 0.3 is 0 Å². The van der Waals surface area contributed by atoms with Gasteiger partial charge < -0.3 is 9.84 Å². The van der Waals surface area contributed by atoms with Gasteiger partial charge in [-0.25, -0.2) is 0 Å². The van der Waals surface area contributed by atoms with Crippen LogP contribution in [0.15, 0.2) is 21.3 Å². The number of nitrogens with zero attached hydrogens (tertiary/aromatic N) is 3. The summed E-state index contributed by atoms with van der Waals surface area (Å²) in [6.07, 6.45) is 2.49. The number of likely N-dealkylation sites (N-methyl/N-ethyl adjacent to an activating group) is 1. The molecule has 0 saturated carbocycles. The molecule has 1 saturated heterocycles. The van der Waals surface area contributed by atoms with E-state index in [-0.39, 0.29) is 0 Å². The highest BCUT2D eigenvalue weighted by atomic mass is 32.1. The summed E-state index contributed by atoms with van der Waals surface area (Å²) in [5.74, 6) is 1.40. The Morgan fingerprint density at radius 1 is 1.55 bits per heavy atom. The third-order valence-corrected chi connectivity index (χ3v) is 4.46. The summed E-state index contributed by atoms with van der Waals surface area (Å²) in [6, 6.07) is 2.58. The zero-order valence-corrected chi connectivity index (χ0v) is 12.5. The van der Waals surface area contributed by atoms with Crippen molar-refractivity contribution >= 4 is 11.3 Å². The zero-order valence-electron chi connectivity index (χ0n) is 11.7. The second kappa shape index (κ2) is 6.47. The van der Waals surface area contributed by atoms with Crippen LogP contribution in [0.25, 0.3) is 11.5 Å². The quantitative estimate of drug-likeness (QED) is 0.917. The third kappa shape index (κ3) is 3.08. The molecule has 1 atom stereocenters. The smallest absolute Gasteiger partial charge is 0.258 e. The molecular formula is C14H20N4OS. The summed E-state index contributed by atoms with van der Waals surface area (Å²) in [7, 11) is 0. The van der Waals surface area contributed by atoms with Crippen molar-refractivity contribution in [1.29, 1.82) is 0 Å². The minimum atomic E-state index is 0.580. The van der Waals surface area contributed by atoms with E-state index in [2.05, 4.69) is 27.3 Å². The van der Waals surface area contributed by atoms with Crippen LogP contribution in [0.4, 0.5) is 0 Å². The maximum Gasteiger partial charge on any atom is 0.258 e. The average Bonchev–Trinajstić information content (AvgIpc) is 3.16. The molecule has 0 bridgehead atoms. The lowest BCUT2D eigenvalue weighted by Gasteiger charge is -2.32. The fourth-order valence-electron chi connectivity index (χ4n) is 2.65. The van der Waals surface area contributed by atoms with Crippen molar-refractivity contribution in [3.8, 4) is 11.5 Å². The van der Waals surface area contributed by atoms with E-state index in [0.717, 1.165) is 37.6 Å². The van der Waals surface area contributed by atoms with E-state index in [4.69, 9.17) is 4.52 Å². The van der Waals surface area contributed by atoms with E-state index >= 15 is 0 Å². The van der Waals surface area contributed by atoms with Crippen molar-refractivity contribution in [3.63, 3.8) is 0 Å². The van der Waals surface area contributed by atoms with Gasteiger partial charge in [-0.05, 0) is 37.4 Å². The van der Waals surface area contributed by atoms with Gasteiger partial charge in [0.05, 0.1) is 12.1 Å². The van der Waals surface area contributed by atoms with E-state index in [1.54, 1.807) is 11.3 Å². The van der Waals surface area contributed by atoms with Crippen molar-refractivity contribution in [1.82, 2.24) is 20.4 Å². The molecular weight excluding hydrogens is 272 g/mol. The van der Waals surface area contributed by atoms with Crippen LogP contribution in [-0.2, 0) is 6.54 Å². The summed E-state index contributed by atoms with van der Waals surface area (Å²) in [6.45, 7) is 6.15. The van der Waals surface area contributed by atoms with Gasteiger partial charge in [0.25, 0.3) is 5.89 Å². The van der Waals surface area contributed by atoms with Crippen LogP contribution in [0.5, 0.6) is 0 Å². The molecule has 1 aliphatic rings. The van der Waals surface area contributed by atoms with Gasteiger partial charge in [-0.3, -0.25) is 4.90 Å². The van der Waals surface area contributed by atoms with Crippen molar-refractivity contribution in [2.24, 2.45) is 0 Å².